The normalized spacial score (nSPS) is 12.3. The fourth-order valence-electron chi connectivity index (χ4n) is 8.37. The summed E-state index contributed by atoms with van der Waals surface area (Å²) in [4.78, 5) is 15.1. The van der Waals surface area contributed by atoms with E-state index in [0.717, 1.165) is 44.5 Å². The molecule has 1 aliphatic carbocycles. The number of benzene rings is 8. The summed E-state index contributed by atoms with van der Waals surface area (Å²) in [6, 6.07) is 74.1. The molecule has 0 saturated carbocycles. The lowest BCUT2D eigenvalue weighted by molar-refractivity contribution is 0.768. The van der Waals surface area contributed by atoms with Crippen molar-refractivity contribution < 1.29 is 0 Å². The Morgan fingerprint density at radius 1 is 0.333 bits per heavy atom. The fraction of sp³-hybridized carbons (Fsp3) is 0.0189. The second-order valence-corrected chi connectivity index (χ2v) is 14.3. The lowest BCUT2D eigenvalue weighted by atomic mass is 9.67. The van der Waals surface area contributed by atoms with Gasteiger partial charge in [0.05, 0.1) is 17.0 Å². The molecule has 9 aromatic rings. The molecular weight excluding hydrogens is 693 g/mol. The zero-order chi connectivity index (χ0) is 38.2. The molecule has 266 valence electrons. The van der Waals surface area contributed by atoms with Crippen molar-refractivity contribution in [2.45, 2.75) is 5.41 Å². The van der Waals surface area contributed by atoms with Crippen LogP contribution in [0, 0.1) is 11.3 Å². The molecule has 0 amide bonds. The maximum absolute atomic E-state index is 9.55. The Kier molecular flexibility index (Phi) is 8.39. The molecule has 1 aromatic heterocycles. The van der Waals surface area contributed by atoms with Crippen LogP contribution in [0.1, 0.15) is 27.8 Å². The zero-order valence-corrected chi connectivity index (χ0v) is 30.9. The number of nitriles is 1. The average Bonchev–Trinajstić information content (AvgIpc) is 3.60. The van der Waals surface area contributed by atoms with E-state index in [9.17, 15) is 5.26 Å². The third kappa shape index (κ3) is 5.90. The van der Waals surface area contributed by atoms with Gasteiger partial charge in [0.2, 0.25) is 0 Å². The Balaban J connectivity index is 1.10. The molecule has 0 spiro atoms. The minimum atomic E-state index is -0.571. The van der Waals surface area contributed by atoms with Gasteiger partial charge in [-0.15, -0.1) is 0 Å². The predicted octanol–water partition coefficient (Wildman–Crippen LogP) is 12.4. The number of rotatable bonds is 7. The second-order valence-electron chi connectivity index (χ2n) is 14.3. The highest BCUT2D eigenvalue weighted by Gasteiger charge is 2.45. The van der Waals surface area contributed by atoms with Crippen LogP contribution < -0.4 is 0 Å². The first-order valence-corrected chi connectivity index (χ1v) is 19.1. The van der Waals surface area contributed by atoms with E-state index in [1.165, 1.54) is 27.8 Å². The number of nitrogens with zero attached hydrogens (tertiary/aromatic N) is 4. The van der Waals surface area contributed by atoms with Crippen LogP contribution in [0.2, 0.25) is 0 Å². The summed E-state index contributed by atoms with van der Waals surface area (Å²) < 4.78 is 0. The molecule has 57 heavy (non-hydrogen) atoms. The van der Waals surface area contributed by atoms with Crippen LogP contribution in [0.3, 0.4) is 0 Å². The molecule has 1 aliphatic rings. The molecule has 0 radical (unpaired) electrons. The van der Waals surface area contributed by atoms with E-state index >= 15 is 0 Å². The molecule has 0 atom stereocenters. The van der Waals surface area contributed by atoms with Crippen LogP contribution >= 0.6 is 0 Å². The molecule has 0 N–H and O–H groups in total. The van der Waals surface area contributed by atoms with Gasteiger partial charge in [-0.05, 0) is 67.8 Å². The fourth-order valence-corrected chi connectivity index (χ4v) is 8.37. The van der Waals surface area contributed by atoms with Gasteiger partial charge < -0.3 is 0 Å². The van der Waals surface area contributed by atoms with E-state index in [1.807, 2.05) is 54.6 Å². The summed E-state index contributed by atoms with van der Waals surface area (Å²) in [6.07, 6.45) is 0. The number of fused-ring (bicyclic) bond motifs is 3. The molecule has 0 unspecified atom stereocenters. The molecule has 0 saturated heterocycles. The van der Waals surface area contributed by atoms with Crippen molar-refractivity contribution in [1.82, 2.24) is 15.0 Å². The van der Waals surface area contributed by atoms with Crippen LogP contribution in [-0.2, 0) is 5.41 Å². The van der Waals surface area contributed by atoms with Crippen LogP contribution in [-0.4, -0.2) is 15.0 Å². The van der Waals surface area contributed by atoms with E-state index in [0.29, 0.717) is 23.0 Å². The monoisotopic (exact) mass is 726 g/mol. The molecular formula is C53H34N4. The molecule has 4 nitrogen and oxygen atoms in total. The van der Waals surface area contributed by atoms with Crippen molar-refractivity contribution in [3.63, 3.8) is 0 Å². The summed E-state index contributed by atoms with van der Waals surface area (Å²) in [7, 11) is 0. The highest BCUT2D eigenvalue weighted by molar-refractivity contribution is 5.86. The van der Waals surface area contributed by atoms with Gasteiger partial charge in [-0.25, -0.2) is 15.0 Å². The third-order valence-corrected chi connectivity index (χ3v) is 11.1. The van der Waals surface area contributed by atoms with E-state index < -0.39 is 5.41 Å². The smallest absolute Gasteiger partial charge is 0.164 e. The van der Waals surface area contributed by atoms with E-state index in [1.54, 1.807) is 0 Å². The standard InChI is InChI=1S/C53H34N4/c54-35-36-12-11-17-43(34-36)39-26-30-44(31-27-39)53(48-20-9-7-18-46(48)47-19-8-10-21-49(47)53)45-32-28-42(29-33-45)52-56-50(40-15-5-2-6-16-40)55-51(57-52)41-24-22-38(23-25-41)37-13-3-1-4-14-37/h1-34H. The maximum atomic E-state index is 9.55. The Morgan fingerprint density at radius 2 is 0.702 bits per heavy atom. The average molecular weight is 727 g/mol. The number of hydrogen-bond donors (Lipinski definition) is 0. The molecule has 1 heterocycles. The van der Waals surface area contributed by atoms with Crippen LogP contribution in [0.4, 0.5) is 0 Å². The van der Waals surface area contributed by atoms with E-state index in [4.69, 9.17) is 15.0 Å². The summed E-state index contributed by atoms with van der Waals surface area (Å²) >= 11 is 0. The second kappa shape index (κ2) is 14.2. The molecule has 8 aromatic carbocycles. The van der Waals surface area contributed by atoms with Crippen LogP contribution in [0.25, 0.3) is 67.5 Å². The minimum Gasteiger partial charge on any atom is -0.208 e. The largest absolute Gasteiger partial charge is 0.208 e. The SMILES string of the molecule is N#Cc1cccc(-c2ccc(C3(c4ccc(-c5nc(-c6ccccc6)nc(-c6ccc(-c7ccccc7)cc6)n5)cc4)c4ccccc4-c4ccccc43)cc2)c1. The third-order valence-electron chi connectivity index (χ3n) is 11.1. The Morgan fingerprint density at radius 3 is 1.23 bits per heavy atom. The first kappa shape index (κ1) is 33.8. The van der Waals surface area contributed by atoms with Crippen LogP contribution in [0.5, 0.6) is 0 Å². The molecule has 0 fully saturated rings. The zero-order valence-electron chi connectivity index (χ0n) is 30.9. The lowest BCUT2D eigenvalue weighted by Gasteiger charge is -2.34. The summed E-state index contributed by atoms with van der Waals surface area (Å²) in [6.45, 7) is 0. The molecule has 4 heteroatoms. The van der Waals surface area contributed by atoms with E-state index in [-0.39, 0.29) is 0 Å². The van der Waals surface area contributed by atoms with Gasteiger partial charge in [0, 0.05) is 16.7 Å². The van der Waals surface area contributed by atoms with Crippen molar-refractivity contribution in [2.24, 2.45) is 0 Å². The van der Waals surface area contributed by atoms with Gasteiger partial charge >= 0.3 is 0 Å². The highest BCUT2D eigenvalue weighted by Crippen LogP contribution is 2.56. The number of aromatic nitrogens is 3. The predicted molar refractivity (Wildman–Crippen MR) is 229 cm³/mol. The van der Waals surface area contributed by atoms with Gasteiger partial charge in [-0.1, -0.05) is 194 Å². The molecule has 0 aliphatic heterocycles. The Labute approximate surface area is 332 Å². The van der Waals surface area contributed by atoms with Crippen molar-refractivity contribution in [3.05, 3.63) is 234 Å². The van der Waals surface area contributed by atoms with Gasteiger partial charge in [0.15, 0.2) is 17.5 Å². The van der Waals surface area contributed by atoms with Crippen molar-refractivity contribution in [3.8, 4) is 73.6 Å². The van der Waals surface area contributed by atoms with Crippen molar-refractivity contribution in [2.75, 3.05) is 0 Å². The minimum absolute atomic E-state index is 0.571. The lowest BCUT2D eigenvalue weighted by Crippen LogP contribution is -2.28. The van der Waals surface area contributed by atoms with Gasteiger partial charge in [-0.2, -0.15) is 5.26 Å². The maximum Gasteiger partial charge on any atom is 0.164 e. The van der Waals surface area contributed by atoms with Gasteiger partial charge in [0.1, 0.15) is 0 Å². The first-order chi connectivity index (χ1) is 28.2. The highest BCUT2D eigenvalue weighted by atomic mass is 15.0. The molecule has 10 rings (SSSR count). The summed E-state index contributed by atoms with van der Waals surface area (Å²) in [5, 5.41) is 9.55. The van der Waals surface area contributed by atoms with Crippen molar-refractivity contribution in [1.29, 1.82) is 5.26 Å². The number of hydrogen-bond acceptors (Lipinski definition) is 4. The Bertz CT molecular complexity index is 2880. The Hall–Kier alpha value is -7.74. The summed E-state index contributed by atoms with van der Waals surface area (Å²) in [5.41, 5.74) is 14.5. The van der Waals surface area contributed by atoms with Crippen molar-refractivity contribution >= 4 is 0 Å². The summed E-state index contributed by atoms with van der Waals surface area (Å²) in [5.74, 6) is 1.86. The van der Waals surface area contributed by atoms with Gasteiger partial charge in [-0.3, -0.25) is 0 Å². The van der Waals surface area contributed by atoms with Crippen LogP contribution in [0.15, 0.2) is 206 Å². The topological polar surface area (TPSA) is 62.5 Å². The van der Waals surface area contributed by atoms with Gasteiger partial charge in [0.25, 0.3) is 0 Å². The van der Waals surface area contributed by atoms with E-state index in [2.05, 4.69) is 158 Å². The first-order valence-electron chi connectivity index (χ1n) is 19.1. The molecule has 0 bridgehead atoms. The quantitative estimate of drug-likeness (QED) is 0.164.